The Labute approximate surface area is 240 Å². The monoisotopic (exact) mass is 580 g/mol. The third-order valence-corrected chi connectivity index (χ3v) is 10.6. The number of benzene rings is 1. The number of cyclic esters (lactones) is 1. The number of nitrogens with zero attached hydrogens (tertiary/aromatic N) is 2. The van der Waals surface area contributed by atoms with Gasteiger partial charge in [-0.25, -0.2) is 14.2 Å². The molecule has 0 saturated heterocycles. The number of amides is 1. The molecule has 9 nitrogen and oxygen atoms in total. The molecule has 0 radical (unpaired) electrons. The average Bonchev–Trinajstić information content (AvgIpc) is 3.32. The van der Waals surface area contributed by atoms with E-state index in [2.05, 4.69) is 5.32 Å². The largest absolute Gasteiger partial charge is 0.458 e. The lowest BCUT2D eigenvalue weighted by Crippen LogP contribution is -2.52. The van der Waals surface area contributed by atoms with Crippen LogP contribution >= 0.6 is 11.8 Å². The smallest absolute Gasteiger partial charge is 0.343 e. The molecule has 0 unspecified atom stereocenters. The number of aryl methyl sites for hydroxylation is 1. The van der Waals surface area contributed by atoms with Crippen molar-refractivity contribution in [1.29, 1.82) is 0 Å². The second-order valence-electron chi connectivity index (χ2n) is 11.7. The molecule has 0 saturated carbocycles. The van der Waals surface area contributed by atoms with Gasteiger partial charge in [-0.3, -0.25) is 9.59 Å². The molecule has 1 aromatic carbocycles. The van der Waals surface area contributed by atoms with Crippen LogP contribution in [0.2, 0.25) is 0 Å². The summed E-state index contributed by atoms with van der Waals surface area (Å²) in [7, 11) is 0. The van der Waals surface area contributed by atoms with E-state index in [1.165, 1.54) is 17.8 Å². The maximum Gasteiger partial charge on any atom is 0.343 e. The molecule has 6 rings (SSSR count). The first kappa shape index (κ1) is 27.9. The first-order valence-corrected chi connectivity index (χ1v) is 15.0. The minimum atomic E-state index is -1.96. The number of nitrogens with one attached hydrogen (secondary N) is 1. The second kappa shape index (κ2) is 9.37. The number of thioether (sulfide) groups is 1. The quantitative estimate of drug-likeness (QED) is 0.307. The van der Waals surface area contributed by atoms with Gasteiger partial charge in [0.15, 0.2) is 5.60 Å². The first-order valence-electron chi connectivity index (χ1n) is 13.8. The predicted molar refractivity (Wildman–Crippen MR) is 154 cm³/mol. The lowest BCUT2D eigenvalue weighted by molar-refractivity contribution is -0.172. The summed E-state index contributed by atoms with van der Waals surface area (Å²) in [6.45, 7) is 7.18. The number of nitrogens with two attached hydrogens (primary N) is 1. The Balaban J connectivity index is 1.58. The third kappa shape index (κ3) is 3.89. The summed E-state index contributed by atoms with van der Waals surface area (Å²) >= 11 is 1.51. The van der Waals surface area contributed by atoms with Crippen molar-refractivity contribution in [3.8, 4) is 11.4 Å². The molecule has 2 aromatic heterocycles. The van der Waals surface area contributed by atoms with Crippen molar-refractivity contribution in [2.75, 3.05) is 6.26 Å². The van der Waals surface area contributed by atoms with Crippen LogP contribution in [0.15, 0.2) is 16.9 Å². The Morgan fingerprint density at radius 1 is 1.34 bits per heavy atom. The summed E-state index contributed by atoms with van der Waals surface area (Å²) in [6.07, 6.45) is 3.01. The van der Waals surface area contributed by atoms with Crippen LogP contribution in [0.4, 0.5) is 4.39 Å². The summed E-state index contributed by atoms with van der Waals surface area (Å²) in [4.78, 5) is 44.5. The Bertz CT molecular complexity index is 1730. The lowest BCUT2D eigenvalue weighted by atomic mass is 9.81. The molecule has 1 aliphatic carbocycles. The zero-order valence-electron chi connectivity index (χ0n) is 23.7. The van der Waals surface area contributed by atoms with Crippen molar-refractivity contribution >= 4 is 34.5 Å². The summed E-state index contributed by atoms with van der Waals surface area (Å²) in [5.41, 5.74) is 8.73. The third-order valence-electron chi connectivity index (χ3n) is 9.25. The Hall–Kier alpha value is -3.28. The van der Waals surface area contributed by atoms with E-state index < -0.39 is 28.4 Å². The van der Waals surface area contributed by atoms with Crippen LogP contribution in [-0.4, -0.2) is 43.6 Å². The molecule has 3 aliphatic rings. The van der Waals surface area contributed by atoms with Gasteiger partial charge in [0.25, 0.3) is 5.56 Å². The highest BCUT2D eigenvalue weighted by Gasteiger charge is 2.46. The molecular weight excluding hydrogens is 547 g/mol. The van der Waals surface area contributed by atoms with Crippen LogP contribution in [0.25, 0.3) is 22.3 Å². The van der Waals surface area contributed by atoms with Crippen molar-refractivity contribution in [2.24, 2.45) is 5.73 Å². The minimum absolute atomic E-state index is 0.0274. The highest BCUT2D eigenvalue weighted by atomic mass is 32.2. The van der Waals surface area contributed by atoms with Crippen molar-refractivity contribution in [2.45, 2.75) is 82.5 Å². The number of hydrogen-bond acceptors (Lipinski definition) is 8. The molecule has 4 N–H and O–H groups in total. The van der Waals surface area contributed by atoms with Crippen molar-refractivity contribution in [3.63, 3.8) is 0 Å². The van der Waals surface area contributed by atoms with Crippen LogP contribution < -0.4 is 16.6 Å². The second-order valence-corrected chi connectivity index (χ2v) is 13.2. The Kier molecular flexibility index (Phi) is 6.37. The number of pyridine rings is 2. The lowest BCUT2D eigenvalue weighted by Gasteiger charge is -2.33. The normalized spacial score (nSPS) is 21.7. The number of fused-ring (bicyclic) bond motifs is 5. The highest BCUT2D eigenvalue weighted by molar-refractivity contribution is 8.00. The van der Waals surface area contributed by atoms with Gasteiger partial charge in [0.2, 0.25) is 5.91 Å². The molecule has 1 amide bonds. The standard InChI is InChI=1S/C30H33FN4O5S/c1-6-30(39)17-9-21-24-15(11-35(21)27(37)16(17)12-40-28(30)38)23-19(34-26(36)25(32)29(3,4)41-5)8-7-14-13(2)18(31)10-20(33-24)22(14)23/h9-10,19,25,39H,6-8,11-12,32H2,1-5H3,(H,34,36)/t19-,25+,30-/m0/s1. The van der Waals surface area contributed by atoms with Gasteiger partial charge in [0, 0.05) is 27.3 Å². The molecule has 4 heterocycles. The van der Waals surface area contributed by atoms with Crippen molar-refractivity contribution < 1.29 is 23.8 Å². The van der Waals surface area contributed by atoms with E-state index in [9.17, 15) is 19.5 Å². The predicted octanol–water partition coefficient (Wildman–Crippen LogP) is 3.10. The van der Waals surface area contributed by atoms with Gasteiger partial charge < -0.3 is 25.5 Å². The highest BCUT2D eigenvalue weighted by Crippen LogP contribution is 2.46. The molecule has 216 valence electrons. The van der Waals surface area contributed by atoms with Gasteiger partial charge in [0.1, 0.15) is 12.4 Å². The number of hydrogen-bond donors (Lipinski definition) is 3. The molecule has 3 atom stereocenters. The van der Waals surface area contributed by atoms with Gasteiger partial charge in [-0.1, -0.05) is 6.92 Å². The molecule has 0 fully saturated rings. The fourth-order valence-corrected chi connectivity index (χ4v) is 6.76. The van der Waals surface area contributed by atoms with Crippen molar-refractivity contribution in [1.82, 2.24) is 14.9 Å². The zero-order valence-corrected chi connectivity index (χ0v) is 24.5. The molecule has 11 heteroatoms. The van der Waals surface area contributed by atoms with Crippen LogP contribution in [-0.2, 0) is 39.5 Å². The number of ether oxygens (including phenoxy) is 1. The van der Waals surface area contributed by atoms with Crippen LogP contribution in [0.3, 0.4) is 0 Å². The van der Waals surface area contributed by atoms with Gasteiger partial charge in [0.05, 0.1) is 41.1 Å². The molecule has 2 aliphatic heterocycles. The van der Waals surface area contributed by atoms with E-state index in [0.717, 1.165) is 22.1 Å². The number of halogens is 1. The Morgan fingerprint density at radius 3 is 2.76 bits per heavy atom. The maximum absolute atomic E-state index is 15.1. The van der Waals surface area contributed by atoms with Crippen LogP contribution in [0.1, 0.15) is 73.0 Å². The molecule has 0 bridgehead atoms. The molecule has 0 spiro atoms. The van der Waals surface area contributed by atoms with Crippen LogP contribution in [0.5, 0.6) is 0 Å². The summed E-state index contributed by atoms with van der Waals surface area (Å²) in [6, 6.07) is 1.83. The summed E-state index contributed by atoms with van der Waals surface area (Å²) in [5, 5.41) is 15.2. The van der Waals surface area contributed by atoms with E-state index in [1.54, 1.807) is 24.5 Å². The van der Waals surface area contributed by atoms with Gasteiger partial charge in [-0.2, -0.15) is 11.8 Å². The Morgan fingerprint density at radius 2 is 2.07 bits per heavy atom. The van der Waals surface area contributed by atoms with Gasteiger partial charge >= 0.3 is 5.97 Å². The van der Waals surface area contributed by atoms with Gasteiger partial charge in [-0.15, -0.1) is 0 Å². The van der Waals surface area contributed by atoms with E-state index in [-0.39, 0.29) is 48.0 Å². The van der Waals surface area contributed by atoms with Gasteiger partial charge in [-0.05, 0) is 69.0 Å². The number of carbonyl (C=O) groups excluding carboxylic acids is 2. The number of aliphatic hydroxyl groups is 1. The molecular formula is C30H33FN4O5S. The van der Waals surface area contributed by atoms with Crippen LogP contribution in [0, 0.1) is 12.7 Å². The van der Waals surface area contributed by atoms with E-state index >= 15 is 4.39 Å². The van der Waals surface area contributed by atoms with E-state index in [0.29, 0.717) is 35.3 Å². The number of esters is 1. The van der Waals surface area contributed by atoms with E-state index in [1.807, 2.05) is 20.1 Å². The fraction of sp³-hybridized carbons (Fsp3) is 0.467. The number of carbonyl (C=O) groups is 2. The number of aromatic nitrogens is 2. The van der Waals surface area contributed by atoms with E-state index in [4.69, 9.17) is 15.5 Å². The summed E-state index contributed by atoms with van der Waals surface area (Å²) in [5.74, 6) is -1.46. The average molecular weight is 581 g/mol. The van der Waals surface area contributed by atoms with Crippen molar-refractivity contribution in [3.05, 3.63) is 61.7 Å². The summed E-state index contributed by atoms with van der Waals surface area (Å²) < 4.78 is 21.3. The maximum atomic E-state index is 15.1. The SMILES string of the molecule is CC[C@@]1(O)C(=O)OCc2c1cc1n(c2=O)Cc2c-1nc1cc(F)c(C)c3c1c2[C@@H](NC(=O)[C@@H](N)C(C)(C)SC)CC3. The molecule has 41 heavy (non-hydrogen) atoms. The molecule has 3 aromatic rings. The fourth-order valence-electron chi connectivity index (χ4n) is 6.40. The first-order chi connectivity index (χ1) is 19.3. The zero-order chi connectivity index (χ0) is 29.6. The topological polar surface area (TPSA) is 137 Å². The minimum Gasteiger partial charge on any atom is -0.458 e. The number of rotatable bonds is 5.